The normalized spacial score (nSPS) is 19.5. The van der Waals surface area contributed by atoms with Crippen molar-refractivity contribution in [3.05, 3.63) is 35.6 Å². The molecule has 1 aromatic carbocycles. The largest absolute Gasteiger partial charge is 0.395 e. The zero-order chi connectivity index (χ0) is 13.7. The lowest BCUT2D eigenvalue weighted by Crippen LogP contribution is -2.38. The first-order valence-corrected chi connectivity index (χ1v) is 7.03. The van der Waals surface area contributed by atoms with Gasteiger partial charge >= 0.3 is 0 Å². The lowest BCUT2D eigenvalue weighted by molar-refractivity contribution is 0.138. The van der Waals surface area contributed by atoms with Crippen LogP contribution in [0, 0.1) is 11.7 Å². The standard InChI is InChI=1S/C15H23FN2O/c16-14-3-1-12(2-4-14)15(11-17)13-5-7-18(8-6-13)9-10-19/h1-4,13,15,19H,5-11,17H2. The van der Waals surface area contributed by atoms with Gasteiger partial charge in [-0.3, -0.25) is 0 Å². The first-order valence-electron chi connectivity index (χ1n) is 7.03. The molecule has 1 saturated heterocycles. The zero-order valence-electron chi connectivity index (χ0n) is 11.3. The lowest BCUT2D eigenvalue weighted by atomic mass is 9.80. The van der Waals surface area contributed by atoms with Gasteiger partial charge in [0.05, 0.1) is 6.61 Å². The molecule has 0 radical (unpaired) electrons. The first-order chi connectivity index (χ1) is 9.24. The van der Waals surface area contributed by atoms with Crippen LogP contribution in [0.5, 0.6) is 0 Å². The van der Waals surface area contributed by atoms with Crippen molar-refractivity contribution in [2.75, 3.05) is 32.8 Å². The highest BCUT2D eigenvalue weighted by Gasteiger charge is 2.26. The summed E-state index contributed by atoms with van der Waals surface area (Å²) in [7, 11) is 0. The Labute approximate surface area is 114 Å². The van der Waals surface area contributed by atoms with E-state index in [2.05, 4.69) is 4.90 Å². The third-order valence-electron chi connectivity index (χ3n) is 4.17. The molecule has 1 aromatic rings. The maximum atomic E-state index is 13.0. The van der Waals surface area contributed by atoms with E-state index in [0.717, 1.165) is 38.0 Å². The number of halogens is 1. The summed E-state index contributed by atoms with van der Waals surface area (Å²) in [4.78, 5) is 2.29. The molecule has 0 amide bonds. The number of piperidine rings is 1. The third-order valence-corrected chi connectivity index (χ3v) is 4.17. The van der Waals surface area contributed by atoms with Gasteiger partial charge in [-0.05, 0) is 62.0 Å². The zero-order valence-corrected chi connectivity index (χ0v) is 11.3. The molecule has 1 unspecified atom stereocenters. The molecule has 1 aliphatic rings. The van der Waals surface area contributed by atoms with Gasteiger partial charge in [0.25, 0.3) is 0 Å². The Morgan fingerprint density at radius 1 is 1.26 bits per heavy atom. The molecule has 106 valence electrons. The molecule has 0 saturated carbocycles. The van der Waals surface area contributed by atoms with Crippen LogP contribution in [0.25, 0.3) is 0 Å². The fourth-order valence-corrected chi connectivity index (χ4v) is 3.03. The van der Waals surface area contributed by atoms with Crippen LogP contribution in [-0.2, 0) is 0 Å². The SMILES string of the molecule is NCC(c1ccc(F)cc1)C1CCN(CCO)CC1. The molecule has 0 aromatic heterocycles. The fourth-order valence-electron chi connectivity index (χ4n) is 3.03. The second-order valence-corrected chi connectivity index (χ2v) is 5.30. The number of hydrogen-bond acceptors (Lipinski definition) is 3. The minimum atomic E-state index is -0.197. The molecule has 1 aliphatic heterocycles. The highest BCUT2D eigenvalue weighted by molar-refractivity contribution is 5.21. The predicted molar refractivity (Wildman–Crippen MR) is 74.4 cm³/mol. The molecule has 0 spiro atoms. The molecule has 4 heteroatoms. The van der Waals surface area contributed by atoms with Crippen molar-refractivity contribution >= 4 is 0 Å². The highest BCUT2D eigenvalue weighted by atomic mass is 19.1. The molecule has 0 bridgehead atoms. The second-order valence-electron chi connectivity index (χ2n) is 5.30. The molecule has 1 atom stereocenters. The molecule has 19 heavy (non-hydrogen) atoms. The van der Waals surface area contributed by atoms with Crippen LogP contribution < -0.4 is 5.73 Å². The van der Waals surface area contributed by atoms with Crippen LogP contribution in [0.15, 0.2) is 24.3 Å². The van der Waals surface area contributed by atoms with Crippen molar-refractivity contribution in [2.45, 2.75) is 18.8 Å². The van der Waals surface area contributed by atoms with Crippen molar-refractivity contribution in [1.29, 1.82) is 0 Å². The van der Waals surface area contributed by atoms with E-state index in [-0.39, 0.29) is 12.4 Å². The number of nitrogens with zero attached hydrogens (tertiary/aromatic N) is 1. The summed E-state index contributed by atoms with van der Waals surface area (Å²) >= 11 is 0. The summed E-state index contributed by atoms with van der Waals surface area (Å²) in [6.45, 7) is 3.63. The van der Waals surface area contributed by atoms with E-state index in [4.69, 9.17) is 10.8 Å². The van der Waals surface area contributed by atoms with Crippen molar-refractivity contribution in [2.24, 2.45) is 11.7 Å². The Kier molecular flexibility index (Phi) is 5.31. The molecule has 3 N–H and O–H groups in total. The monoisotopic (exact) mass is 266 g/mol. The smallest absolute Gasteiger partial charge is 0.123 e. The van der Waals surface area contributed by atoms with Crippen molar-refractivity contribution in [3.8, 4) is 0 Å². The third kappa shape index (κ3) is 3.75. The Morgan fingerprint density at radius 3 is 2.42 bits per heavy atom. The Hall–Kier alpha value is -0.970. The number of aliphatic hydroxyl groups excluding tert-OH is 1. The average molecular weight is 266 g/mol. The van der Waals surface area contributed by atoms with Gasteiger partial charge in [-0.2, -0.15) is 0 Å². The summed E-state index contributed by atoms with van der Waals surface area (Å²) in [6, 6.07) is 6.73. The van der Waals surface area contributed by atoms with Gasteiger partial charge < -0.3 is 15.7 Å². The van der Waals surface area contributed by atoms with Crippen molar-refractivity contribution < 1.29 is 9.50 Å². The van der Waals surface area contributed by atoms with Crippen LogP contribution >= 0.6 is 0 Å². The summed E-state index contributed by atoms with van der Waals surface area (Å²) in [5.41, 5.74) is 7.06. The van der Waals surface area contributed by atoms with E-state index < -0.39 is 0 Å². The first kappa shape index (κ1) is 14.4. The molecule has 3 nitrogen and oxygen atoms in total. The summed E-state index contributed by atoms with van der Waals surface area (Å²) < 4.78 is 13.0. The summed E-state index contributed by atoms with van der Waals surface area (Å²) in [5, 5.41) is 8.95. The van der Waals surface area contributed by atoms with Gasteiger partial charge in [0.15, 0.2) is 0 Å². The fraction of sp³-hybridized carbons (Fsp3) is 0.600. The lowest BCUT2D eigenvalue weighted by Gasteiger charge is -2.35. The molecular formula is C15H23FN2O. The number of nitrogens with two attached hydrogens (primary N) is 1. The number of rotatable bonds is 5. The molecule has 0 aliphatic carbocycles. The van der Waals surface area contributed by atoms with Gasteiger partial charge in [0.2, 0.25) is 0 Å². The van der Waals surface area contributed by atoms with Crippen LogP contribution in [0.1, 0.15) is 24.3 Å². The predicted octanol–water partition coefficient (Wildman–Crippen LogP) is 1.57. The van der Waals surface area contributed by atoms with Crippen LogP contribution in [0.2, 0.25) is 0 Å². The van der Waals surface area contributed by atoms with Crippen molar-refractivity contribution in [1.82, 2.24) is 4.90 Å². The second kappa shape index (κ2) is 6.98. The van der Waals surface area contributed by atoms with E-state index in [1.807, 2.05) is 12.1 Å². The number of β-amino-alcohol motifs (C(OH)–C–C–N with tert-alkyl or cyclic N) is 1. The Balaban J connectivity index is 1.97. The Bertz CT molecular complexity index is 374. The average Bonchev–Trinajstić information content (AvgIpc) is 2.44. The van der Waals surface area contributed by atoms with E-state index in [1.165, 1.54) is 12.1 Å². The van der Waals surface area contributed by atoms with E-state index in [9.17, 15) is 4.39 Å². The van der Waals surface area contributed by atoms with Crippen LogP contribution in [-0.4, -0.2) is 42.8 Å². The van der Waals surface area contributed by atoms with Gasteiger partial charge in [-0.1, -0.05) is 12.1 Å². The van der Waals surface area contributed by atoms with E-state index in [0.29, 0.717) is 18.4 Å². The minimum absolute atomic E-state index is 0.197. The maximum absolute atomic E-state index is 13.0. The van der Waals surface area contributed by atoms with E-state index >= 15 is 0 Å². The summed E-state index contributed by atoms with van der Waals surface area (Å²) in [5.74, 6) is 0.680. The van der Waals surface area contributed by atoms with Crippen molar-refractivity contribution in [3.63, 3.8) is 0 Å². The minimum Gasteiger partial charge on any atom is -0.395 e. The number of hydrogen-bond donors (Lipinski definition) is 2. The quantitative estimate of drug-likeness (QED) is 0.850. The topological polar surface area (TPSA) is 49.5 Å². The van der Waals surface area contributed by atoms with Gasteiger partial charge in [-0.15, -0.1) is 0 Å². The van der Waals surface area contributed by atoms with Gasteiger partial charge in [0.1, 0.15) is 5.82 Å². The maximum Gasteiger partial charge on any atom is 0.123 e. The van der Waals surface area contributed by atoms with Gasteiger partial charge in [-0.25, -0.2) is 4.39 Å². The number of aliphatic hydroxyl groups is 1. The molecule has 1 fully saturated rings. The Morgan fingerprint density at radius 2 is 1.89 bits per heavy atom. The van der Waals surface area contributed by atoms with Gasteiger partial charge in [0, 0.05) is 6.54 Å². The molecular weight excluding hydrogens is 243 g/mol. The highest BCUT2D eigenvalue weighted by Crippen LogP contribution is 2.32. The van der Waals surface area contributed by atoms with Crippen LogP contribution in [0.4, 0.5) is 4.39 Å². The van der Waals surface area contributed by atoms with Crippen LogP contribution in [0.3, 0.4) is 0 Å². The summed E-state index contributed by atoms with van der Waals surface area (Å²) in [6.07, 6.45) is 2.19. The number of likely N-dealkylation sites (tertiary alicyclic amines) is 1. The molecule has 2 rings (SSSR count). The number of benzene rings is 1. The molecule has 1 heterocycles. The van der Waals surface area contributed by atoms with E-state index in [1.54, 1.807) is 0 Å².